The minimum absolute atomic E-state index is 0.167. The first-order valence-electron chi connectivity index (χ1n) is 4.62. The Bertz CT molecular complexity index is 91.9. The van der Waals surface area contributed by atoms with Gasteiger partial charge in [-0.15, -0.1) is 0 Å². The van der Waals surface area contributed by atoms with Crippen molar-refractivity contribution in [1.82, 2.24) is 5.32 Å². The highest BCUT2D eigenvalue weighted by Crippen LogP contribution is 2.27. The Morgan fingerprint density at radius 2 is 1.64 bits per heavy atom. The lowest BCUT2D eigenvalue weighted by atomic mass is 9.83. The lowest BCUT2D eigenvalue weighted by Crippen LogP contribution is -2.55. The standard InChI is InChI=1S/C6H11N.C3H8O/c1-2-5-4-6(3-1)7-5;1-3(2)4/h5-7H,1-4H2;3-4H,1-2H3. The summed E-state index contributed by atoms with van der Waals surface area (Å²) in [4.78, 5) is 0. The largest absolute Gasteiger partial charge is 0.394 e. The maximum atomic E-state index is 8.06. The summed E-state index contributed by atoms with van der Waals surface area (Å²) in [6.45, 7) is 3.44. The number of fused-ring (bicyclic) bond motifs is 2. The van der Waals surface area contributed by atoms with Gasteiger partial charge >= 0.3 is 0 Å². The van der Waals surface area contributed by atoms with Crippen molar-refractivity contribution in [2.24, 2.45) is 0 Å². The van der Waals surface area contributed by atoms with Gasteiger partial charge < -0.3 is 10.4 Å². The smallest absolute Gasteiger partial charge is 0.0483 e. The van der Waals surface area contributed by atoms with Gasteiger partial charge in [-0.05, 0) is 33.1 Å². The fraction of sp³-hybridized carbons (Fsp3) is 1.00. The number of aliphatic hydroxyl groups is 1. The maximum absolute atomic E-state index is 8.06. The van der Waals surface area contributed by atoms with Crippen LogP contribution in [0.25, 0.3) is 0 Å². The van der Waals surface area contributed by atoms with Gasteiger partial charge in [0.05, 0.1) is 0 Å². The fourth-order valence-electron chi connectivity index (χ4n) is 1.67. The molecule has 2 N–H and O–H groups in total. The SMILES string of the molecule is C1CC2CC(C1)N2.CC(C)O. The Morgan fingerprint density at radius 1 is 1.27 bits per heavy atom. The normalized spacial score (nSPS) is 33.8. The Hall–Kier alpha value is -0.0800. The van der Waals surface area contributed by atoms with Gasteiger partial charge in [-0.2, -0.15) is 0 Å². The van der Waals surface area contributed by atoms with E-state index in [9.17, 15) is 0 Å². The second-order valence-electron chi connectivity index (χ2n) is 3.82. The average Bonchev–Trinajstić information content (AvgIpc) is 1.86. The van der Waals surface area contributed by atoms with E-state index in [1.54, 1.807) is 13.8 Å². The molecule has 2 heterocycles. The van der Waals surface area contributed by atoms with E-state index < -0.39 is 0 Å². The molecule has 2 nitrogen and oxygen atoms in total. The molecule has 3 rings (SSSR count). The topological polar surface area (TPSA) is 32.3 Å². The third-order valence-electron chi connectivity index (χ3n) is 2.15. The Labute approximate surface area is 69.0 Å². The van der Waals surface area contributed by atoms with Crippen molar-refractivity contribution in [3.8, 4) is 0 Å². The number of nitrogens with one attached hydrogen (secondary N) is 1. The second-order valence-corrected chi connectivity index (χ2v) is 3.82. The van der Waals surface area contributed by atoms with E-state index in [0.29, 0.717) is 0 Å². The van der Waals surface area contributed by atoms with Crippen LogP contribution in [0.5, 0.6) is 0 Å². The third kappa shape index (κ3) is 3.21. The molecule has 2 bridgehead atoms. The van der Waals surface area contributed by atoms with Gasteiger partial charge in [0.2, 0.25) is 0 Å². The number of aliphatic hydroxyl groups excluding tert-OH is 1. The number of hydrogen-bond donors (Lipinski definition) is 2. The predicted molar refractivity (Wildman–Crippen MR) is 46.5 cm³/mol. The fourth-order valence-corrected chi connectivity index (χ4v) is 1.67. The van der Waals surface area contributed by atoms with Crippen LogP contribution in [0.3, 0.4) is 0 Å². The molecule has 2 aliphatic heterocycles. The first-order chi connectivity index (χ1) is 5.18. The molecule has 0 radical (unpaired) electrons. The maximum Gasteiger partial charge on any atom is 0.0483 e. The summed E-state index contributed by atoms with van der Waals surface area (Å²) in [6.07, 6.45) is 5.66. The lowest BCUT2D eigenvalue weighted by Gasteiger charge is -2.42. The molecule has 66 valence electrons. The summed E-state index contributed by atoms with van der Waals surface area (Å²) in [5, 5.41) is 11.5. The van der Waals surface area contributed by atoms with Gasteiger partial charge in [0.15, 0.2) is 0 Å². The van der Waals surface area contributed by atoms with Crippen LogP contribution in [0, 0.1) is 0 Å². The molecule has 2 unspecified atom stereocenters. The molecule has 11 heavy (non-hydrogen) atoms. The molecule has 0 spiro atoms. The van der Waals surface area contributed by atoms with Gasteiger partial charge in [-0.3, -0.25) is 0 Å². The van der Waals surface area contributed by atoms with E-state index in [1.807, 2.05) is 0 Å². The van der Waals surface area contributed by atoms with Gasteiger partial charge in [0, 0.05) is 18.2 Å². The second kappa shape index (κ2) is 4.07. The minimum atomic E-state index is -0.167. The van der Waals surface area contributed by atoms with Crippen molar-refractivity contribution in [3.05, 3.63) is 0 Å². The van der Waals surface area contributed by atoms with E-state index in [1.165, 1.54) is 25.7 Å². The Morgan fingerprint density at radius 3 is 1.73 bits per heavy atom. The van der Waals surface area contributed by atoms with Crippen molar-refractivity contribution in [2.45, 2.75) is 57.7 Å². The molecule has 1 aliphatic carbocycles. The van der Waals surface area contributed by atoms with Gasteiger partial charge in [0.1, 0.15) is 0 Å². The molecule has 3 aliphatic rings. The summed E-state index contributed by atoms with van der Waals surface area (Å²) in [5.41, 5.74) is 0. The van der Waals surface area contributed by atoms with E-state index in [4.69, 9.17) is 5.11 Å². The quantitative estimate of drug-likeness (QED) is 0.555. The summed E-state index contributed by atoms with van der Waals surface area (Å²) in [6, 6.07) is 1.86. The van der Waals surface area contributed by atoms with Gasteiger partial charge in [-0.1, -0.05) is 6.42 Å². The highest BCUT2D eigenvalue weighted by atomic mass is 16.3. The van der Waals surface area contributed by atoms with Crippen LogP contribution in [0.1, 0.15) is 39.5 Å². The highest BCUT2D eigenvalue weighted by Gasteiger charge is 2.31. The molecule has 2 heteroatoms. The van der Waals surface area contributed by atoms with Crippen molar-refractivity contribution in [1.29, 1.82) is 0 Å². The zero-order chi connectivity index (χ0) is 8.27. The first-order valence-corrected chi connectivity index (χ1v) is 4.62. The molecule has 0 aromatic heterocycles. The van der Waals surface area contributed by atoms with E-state index in [-0.39, 0.29) is 6.10 Å². The molecule has 3 fully saturated rings. The Kier molecular flexibility index (Phi) is 3.34. The van der Waals surface area contributed by atoms with Crippen molar-refractivity contribution < 1.29 is 5.11 Å². The summed E-state index contributed by atoms with van der Waals surface area (Å²) in [5.74, 6) is 0. The summed E-state index contributed by atoms with van der Waals surface area (Å²) < 4.78 is 0. The zero-order valence-corrected chi connectivity index (χ0v) is 7.51. The first kappa shape index (κ1) is 9.01. The highest BCUT2D eigenvalue weighted by molar-refractivity contribution is 4.92. The van der Waals surface area contributed by atoms with E-state index in [2.05, 4.69) is 5.32 Å². The Balaban J connectivity index is 0.000000134. The number of hydrogen-bond acceptors (Lipinski definition) is 2. The van der Waals surface area contributed by atoms with Crippen LogP contribution in [-0.4, -0.2) is 23.3 Å². The summed E-state index contributed by atoms with van der Waals surface area (Å²) >= 11 is 0. The summed E-state index contributed by atoms with van der Waals surface area (Å²) in [7, 11) is 0. The number of rotatable bonds is 0. The van der Waals surface area contributed by atoms with E-state index >= 15 is 0 Å². The molecule has 0 aromatic rings. The van der Waals surface area contributed by atoms with Crippen LogP contribution >= 0.6 is 0 Å². The molecular weight excluding hydrogens is 138 g/mol. The van der Waals surface area contributed by atoms with Gasteiger partial charge in [-0.25, -0.2) is 0 Å². The average molecular weight is 157 g/mol. The van der Waals surface area contributed by atoms with Crippen LogP contribution in [0.2, 0.25) is 0 Å². The minimum Gasteiger partial charge on any atom is -0.394 e. The molecule has 2 atom stereocenters. The molecular formula is C9H19NO. The van der Waals surface area contributed by atoms with Crippen LogP contribution in [-0.2, 0) is 0 Å². The predicted octanol–water partition coefficient (Wildman–Crippen LogP) is 1.29. The molecule has 0 amide bonds. The van der Waals surface area contributed by atoms with Crippen LogP contribution in [0.4, 0.5) is 0 Å². The molecule has 1 saturated carbocycles. The monoisotopic (exact) mass is 157 g/mol. The van der Waals surface area contributed by atoms with Crippen LogP contribution in [0.15, 0.2) is 0 Å². The zero-order valence-electron chi connectivity index (χ0n) is 7.51. The van der Waals surface area contributed by atoms with Gasteiger partial charge in [0.25, 0.3) is 0 Å². The van der Waals surface area contributed by atoms with Crippen molar-refractivity contribution in [3.63, 3.8) is 0 Å². The third-order valence-corrected chi connectivity index (χ3v) is 2.15. The van der Waals surface area contributed by atoms with Crippen molar-refractivity contribution in [2.75, 3.05) is 0 Å². The number of piperidine rings is 1. The molecule has 0 aromatic carbocycles. The van der Waals surface area contributed by atoms with E-state index in [0.717, 1.165) is 12.1 Å². The van der Waals surface area contributed by atoms with Crippen LogP contribution < -0.4 is 5.32 Å². The molecule has 2 saturated heterocycles. The van der Waals surface area contributed by atoms with Crippen molar-refractivity contribution >= 4 is 0 Å². The lowest BCUT2D eigenvalue weighted by molar-refractivity contribution is 0.182.